The number of imidazole rings is 1. The minimum Gasteiger partial charge on any atom is -0.461 e. The Hall–Kier alpha value is -3.09. The number of aromatic nitrogens is 2. The van der Waals surface area contributed by atoms with E-state index in [1.165, 1.54) is 0 Å². The van der Waals surface area contributed by atoms with Crippen molar-refractivity contribution in [1.82, 2.24) is 15.3 Å². The number of furan rings is 1. The molecule has 1 aliphatic heterocycles. The predicted molar refractivity (Wildman–Crippen MR) is 92.8 cm³/mol. The third-order valence-corrected chi connectivity index (χ3v) is 4.30. The average molecular weight is 338 g/mol. The summed E-state index contributed by atoms with van der Waals surface area (Å²) in [5, 5.41) is 5.65. The first-order chi connectivity index (χ1) is 12.2. The maximum absolute atomic E-state index is 12.4. The van der Waals surface area contributed by atoms with E-state index in [4.69, 9.17) is 4.42 Å². The number of nitrogens with one attached hydrogen (secondary N) is 3. The topological polar surface area (TPSA) is 100 Å². The van der Waals surface area contributed by atoms with E-state index in [2.05, 4.69) is 20.6 Å². The molecule has 1 fully saturated rings. The monoisotopic (exact) mass is 338 g/mol. The molecular formula is C18H18N4O3. The quantitative estimate of drug-likeness (QED) is 0.683. The van der Waals surface area contributed by atoms with Crippen molar-refractivity contribution < 1.29 is 14.0 Å². The Kier molecular flexibility index (Phi) is 3.97. The fourth-order valence-corrected chi connectivity index (χ4v) is 3.02. The maximum Gasteiger partial charge on any atom is 0.246 e. The van der Waals surface area contributed by atoms with Gasteiger partial charge >= 0.3 is 0 Å². The van der Waals surface area contributed by atoms with Gasteiger partial charge in [-0.25, -0.2) is 4.98 Å². The van der Waals surface area contributed by atoms with Crippen LogP contribution in [-0.2, 0) is 9.59 Å². The Morgan fingerprint density at radius 3 is 3.04 bits per heavy atom. The minimum atomic E-state index is -0.480. The van der Waals surface area contributed by atoms with E-state index in [-0.39, 0.29) is 11.8 Å². The Bertz CT molecular complexity index is 914. The van der Waals surface area contributed by atoms with E-state index >= 15 is 0 Å². The Labute approximate surface area is 143 Å². The molecule has 1 aliphatic rings. The molecule has 2 amide bonds. The number of benzene rings is 1. The number of carbonyl (C=O) groups excluding carboxylic acids is 2. The number of carbonyl (C=O) groups is 2. The highest BCUT2D eigenvalue weighted by Crippen LogP contribution is 2.23. The summed E-state index contributed by atoms with van der Waals surface area (Å²) >= 11 is 0. The third kappa shape index (κ3) is 3.26. The van der Waals surface area contributed by atoms with Crippen LogP contribution in [0.1, 0.15) is 25.7 Å². The molecule has 1 saturated heterocycles. The molecule has 0 spiro atoms. The van der Waals surface area contributed by atoms with Crippen molar-refractivity contribution in [2.75, 3.05) is 5.32 Å². The van der Waals surface area contributed by atoms with E-state index in [1.54, 1.807) is 18.4 Å². The zero-order valence-corrected chi connectivity index (χ0v) is 13.5. The molecule has 1 atom stereocenters. The molecule has 7 heteroatoms. The van der Waals surface area contributed by atoms with Crippen LogP contribution < -0.4 is 10.6 Å². The van der Waals surface area contributed by atoms with Gasteiger partial charge in [-0.2, -0.15) is 0 Å². The Morgan fingerprint density at radius 2 is 2.20 bits per heavy atom. The van der Waals surface area contributed by atoms with Crippen LogP contribution in [0.15, 0.2) is 41.0 Å². The van der Waals surface area contributed by atoms with Crippen LogP contribution in [0.3, 0.4) is 0 Å². The molecule has 128 valence electrons. The normalized spacial score (nSPS) is 17.9. The van der Waals surface area contributed by atoms with E-state index in [0.717, 1.165) is 23.9 Å². The van der Waals surface area contributed by atoms with Crippen molar-refractivity contribution in [2.24, 2.45) is 0 Å². The van der Waals surface area contributed by atoms with Gasteiger partial charge in [0, 0.05) is 12.1 Å². The van der Waals surface area contributed by atoms with Crippen LogP contribution in [0, 0.1) is 0 Å². The van der Waals surface area contributed by atoms with Gasteiger partial charge in [0.2, 0.25) is 11.8 Å². The second kappa shape index (κ2) is 6.43. The van der Waals surface area contributed by atoms with Gasteiger partial charge in [-0.05, 0) is 43.2 Å². The first-order valence-corrected chi connectivity index (χ1v) is 8.33. The average Bonchev–Trinajstić information content (AvgIpc) is 3.21. The number of fused-ring (bicyclic) bond motifs is 1. The van der Waals surface area contributed by atoms with Crippen molar-refractivity contribution in [3.63, 3.8) is 0 Å². The van der Waals surface area contributed by atoms with E-state index in [1.807, 2.05) is 18.2 Å². The molecule has 0 unspecified atom stereocenters. The first-order valence-electron chi connectivity index (χ1n) is 8.33. The van der Waals surface area contributed by atoms with Crippen LogP contribution >= 0.6 is 0 Å². The summed E-state index contributed by atoms with van der Waals surface area (Å²) in [7, 11) is 0. The molecular weight excluding hydrogens is 320 g/mol. The highest BCUT2D eigenvalue weighted by Gasteiger charge is 2.23. The van der Waals surface area contributed by atoms with Crippen molar-refractivity contribution in [1.29, 1.82) is 0 Å². The summed E-state index contributed by atoms with van der Waals surface area (Å²) < 4.78 is 5.34. The van der Waals surface area contributed by atoms with Crippen LogP contribution in [0.5, 0.6) is 0 Å². The molecule has 3 aromatic rings. The number of aromatic amines is 1. The summed E-state index contributed by atoms with van der Waals surface area (Å²) in [6, 6.07) is 8.60. The molecule has 7 nitrogen and oxygen atoms in total. The highest BCUT2D eigenvalue weighted by atomic mass is 16.3. The number of hydrogen-bond donors (Lipinski definition) is 3. The Morgan fingerprint density at radius 1 is 1.28 bits per heavy atom. The first kappa shape index (κ1) is 15.4. The van der Waals surface area contributed by atoms with E-state index < -0.39 is 6.04 Å². The number of anilines is 1. The zero-order valence-electron chi connectivity index (χ0n) is 13.5. The lowest BCUT2D eigenvalue weighted by atomic mass is 10.1. The summed E-state index contributed by atoms with van der Waals surface area (Å²) in [5.74, 6) is 1.03. The van der Waals surface area contributed by atoms with Crippen molar-refractivity contribution in [3.05, 3.63) is 36.6 Å². The van der Waals surface area contributed by atoms with Gasteiger partial charge in [-0.3, -0.25) is 9.59 Å². The number of amides is 2. The van der Waals surface area contributed by atoms with Crippen LogP contribution in [0.4, 0.5) is 5.69 Å². The SMILES string of the molecule is O=C1CCCC[C@@H](C(=O)Nc2ccc3nc(-c4ccco4)[nH]c3c2)N1. The third-order valence-electron chi connectivity index (χ3n) is 4.30. The summed E-state index contributed by atoms with van der Waals surface area (Å²) in [4.78, 5) is 31.7. The van der Waals surface area contributed by atoms with Gasteiger partial charge in [-0.15, -0.1) is 0 Å². The van der Waals surface area contributed by atoms with Gasteiger partial charge in [0.25, 0.3) is 0 Å². The lowest BCUT2D eigenvalue weighted by molar-refractivity contribution is -0.125. The minimum absolute atomic E-state index is 0.0650. The summed E-state index contributed by atoms with van der Waals surface area (Å²) in [6.45, 7) is 0. The van der Waals surface area contributed by atoms with Crippen molar-refractivity contribution >= 4 is 28.5 Å². The predicted octanol–water partition coefficient (Wildman–Crippen LogP) is 2.82. The standard InChI is InChI=1S/C18H18N4O3/c23-16-6-2-1-4-13(20-16)18(24)19-11-7-8-12-14(10-11)22-17(21-12)15-5-3-9-25-15/h3,5,7-10,13H,1-2,4,6H2,(H,19,24)(H,20,23)(H,21,22)/t13-/m0/s1. The number of H-pyrrole nitrogens is 1. The highest BCUT2D eigenvalue weighted by molar-refractivity contribution is 5.98. The maximum atomic E-state index is 12.4. The molecule has 0 bridgehead atoms. The van der Waals surface area contributed by atoms with Gasteiger partial charge in [0.1, 0.15) is 6.04 Å². The van der Waals surface area contributed by atoms with E-state index in [0.29, 0.717) is 30.1 Å². The van der Waals surface area contributed by atoms with Crippen molar-refractivity contribution in [3.8, 4) is 11.6 Å². The Balaban J connectivity index is 1.53. The molecule has 4 rings (SSSR count). The molecule has 3 heterocycles. The largest absolute Gasteiger partial charge is 0.461 e. The van der Waals surface area contributed by atoms with Crippen LogP contribution in [0.25, 0.3) is 22.6 Å². The second-order valence-electron chi connectivity index (χ2n) is 6.15. The number of rotatable bonds is 3. The van der Waals surface area contributed by atoms with E-state index in [9.17, 15) is 9.59 Å². The summed E-state index contributed by atoms with van der Waals surface area (Å²) in [6.07, 6.45) is 4.43. The fraction of sp³-hybridized carbons (Fsp3) is 0.278. The number of nitrogens with zero attached hydrogens (tertiary/aromatic N) is 1. The number of hydrogen-bond acceptors (Lipinski definition) is 4. The van der Waals surface area contributed by atoms with Gasteiger partial charge in [-0.1, -0.05) is 6.42 Å². The smallest absolute Gasteiger partial charge is 0.246 e. The summed E-state index contributed by atoms with van der Waals surface area (Å²) in [5.41, 5.74) is 2.24. The van der Waals surface area contributed by atoms with Crippen LogP contribution in [-0.4, -0.2) is 27.8 Å². The molecule has 0 aliphatic carbocycles. The molecule has 0 radical (unpaired) electrons. The fourth-order valence-electron chi connectivity index (χ4n) is 3.02. The lowest BCUT2D eigenvalue weighted by Crippen LogP contribution is -2.42. The molecule has 1 aromatic carbocycles. The second-order valence-corrected chi connectivity index (χ2v) is 6.15. The van der Waals surface area contributed by atoms with Crippen molar-refractivity contribution in [2.45, 2.75) is 31.7 Å². The lowest BCUT2D eigenvalue weighted by Gasteiger charge is -2.15. The molecule has 0 saturated carbocycles. The molecule has 2 aromatic heterocycles. The zero-order chi connectivity index (χ0) is 17.2. The van der Waals surface area contributed by atoms with Crippen LogP contribution in [0.2, 0.25) is 0 Å². The van der Waals surface area contributed by atoms with Gasteiger partial charge in [0.05, 0.1) is 17.3 Å². The molecule has 3 N–H and O–H groups in total. The molecule has 25 heavy (non-hydrogen) atoms. The van der Waals surface area contributed by atoms with Gasteiger partial charge in [0.15, 0.2) is 11.6 Å². The van der Waals surface area contributed by atoms with Gasteiger partial charge < -0.3 is 20.0 Å².